The van der Waals surface area contributed by atoms with Crippen LogP contribution >= 0.6 is 0 Å². The molecule has 114 valence electrons. The van der Waals surface area contributed by atoms with Gasteiger partial charge >= 0.3 is 7.12 Å². The van der Waals surface area contributed by atoms with Gasteiger partial charge < -0.3 is 25.9 Å². The first-order valence-corrected chi connectivity index (χ1v) is 7.01. The molecule has 0 amide bonds. The highest BCUT2D eigenvalue weighted by molar-refractivity contribution is 6.55. The van der Waals surface area contributed by atoms with Gasteiger partial charge in [0.2, 0.25) is 0 Å². The molecule has 1 aromatic rings. The van der Waals surface area contributed by atoms with Gasteiger partial charge in [-0.05, 0) is 50.9 Å². The lowest BCUT2D eigenvalue weighted by Gasteiger charge is -2.32. The average Bonchev–Trinajstić information content (AvgIpc) is 2.59. The van der Waals surface area contributed by atoms with E-state index in [1.54, 1.807) is 12.1 Å². The third kappa shape index (κ3) is 3.07. The maximum Gasteiger partial charge on any atom is 0.491 e. The summed E-state index contributed by atoms with van der Waals surface area (Å²) in [6, 6.07) is 5.06. The van der Waals surface area contributed by atoms with Crippen molar-refractivity contribution < 1.29 is 14.4 Å². The second-order valence-electron chi connectivity index (χ2n) is 6.33. The van der Waals surface area contributed by atoms with E-state index in [2.05, 4.69) is 0 Å². The lowest BCUT2D eigenvalue weighted by Crippen LogP contribution is -2.41. The monoisotopic (exact) mass is 290 g/mol. The Labute approximate surface area is 126 Å². The molecular weight excluding hydrogens is 267 g/mol. The number of hydrogen-bond donors (Lipinski definition) is 3. The van der Waals surface area contributed by atoms with E-state index in [-0.39, 0.29) is 5.75 Å². The molecule has 5 nitrogen and oxygen atoms in total. The first-order valence-electron chi connectivity index (χ1n) is 7.01. The smallest absolute Gasteiger partial charge is 0.491 e. The third-order valence-electron chi connectivity index (χ3n) is 4.20. The molecule has 2 rings (SSSR count). The van der Waals surface area contributed by atoms with E-state index < -0.39 is 18.3 Å². The highest BCUT2D eigenvalue weighted by Crippen LogP contribution is 2.38. The number of phenols is 1. The Morgan fingerprint density at radius 1 is 1.24 bits per heavy atom. The quantitative estimate of drug-likeness (QED) is 0.449. The van der Waals surface area contributed by atoms with E-state index in [1.807, 2.05) is 39.8 Å². The molecule has 0 atom stereocenters. The van der Waals surface area contributed by atoms with Crippen molar-refractivity contribution in [3.05, 3.63) is 29.2 Å². The Bertz CT molecular complexity index is 554. The van der Waals surface area contributed by atoms with E-state index in [0.29, 0.717) is 12.2 Å². The third-order valence-corrected chi connectivity index (χ3v) is 4.20. The molecule has 1 fully saturated rings. The maximum absolute atomic E-state index is 9.67. The first-order chi connectivity index (χ1) is 9.66. The predicted molar refractivity (Wildman–Crippen MR) is 85.6 cm³/mol. The number of aromatic hydroxyl groups is 1. The molecule has 1 saturated heterocycles. The summed E-state index contributed by atoms with van der Waals surface area (Å²) in [5.74, 6) is 0.0500. The molecule has 1 aromatic carbocycles. The van der Waals surface area contributed by atoms with Crippen LogP contribution in [0, 0.1) is 0 Å². The maximum atomic E-state index is 9.67. The lowest BCUT2D eigenvalue weighted by molar-refractivity contribution is 0.00578. The van der Waals surface area contributed by atoms with E-state index in [4.69, 9.17) is 20.8 Å². The zero-order chi connectivity index (χ0) is 15.8. The largest absolute Gasteiger partial charge is 0.506 e. The highest BCUT2D eigenvalue weighted by Gasteiger charge is 2.52. The number of nitrogens with two attached hydrogens (primary N) is 2. The minimum absolute atomic E-state index is 0.0500. The molecule has 0 spiro atoms. The van der Waals surface area contributed by atoms with Crippen LogP contribution in [-0.4, -0.2) is 30.0 Å². The molecule has 0 bridgehead atoms. The van der Waals surface area contributed by atoms with Crippen LogP contribution in [0.1, 0.15) is 33.3 Å². The summed E-state index contributed by atoms with van der Waals surface area (Å²) < 4.78 is 12.0. The van der Waals surface area contributed by atoms with E-state index in [9.17, 15) is 5.11 Å². The Hall–Kier alpha value is -1.50. The normalized spacial score (nSPS) is 20.8. The van der Waals surface area contributed by atoms with Crippen molar-refractivity contribution in [3.63, 3.8) is 0 Å². The number of benzene rings is 1. The molecule has 6 heteroatoms. The van der Waals surface area contributed by atoms with Crippen LogP contribution in [0.15, 0.2) is 23.7 Å². The van der Waals surface area contributed by atoms with Crippen LogP contribution in [0.25, 0.3) is 6.08 Å². The number of anilines is 1. The molecule has 5 N–H and O–H groups in total. The van der Waals surface area contributed by atoms with Crippen molar-refractivity contribution in [2.75, 3.05) is 12.3 Å². The fourth-order valence-electron chi connectivity index (χ4n) is 2.08. The fraction of sp³-hybridized carbons (Fsp3) is 0.467. The predicted octanol–water partition coefficient (Wildman–Crippen LogP) is 1.95. The van der Waals surface area contributed by atoms with Gasteiger partial charge in [-0.15, -0.1) is 0 Å². The van der Waals surface area contributed by atoms with Gasteiger partial charge in [0.05, 0.1) is 16.9 Å². The minimum atomic E-state index is -0.486. The average molecular weight is 290 g/mol. The van der Waals surface area contributed by atoms with Crippen LogP contribution < -0.4 is 11.5 Å². The summed E-state index contributed by atoms with van der Waals surface area (Å²) in [7, 11) is -0.486. The minimum Gasteiger partial charge on any atom is -0.506 e. The highest BCUT2D eigenvalue weighted by atomic mass is 16.7. The zero-order valence-electron chi connectivity index (χ0n) is 13.0. The summed E-state index contributed by atoms with van der Waals surface area (Å²) in [6.45, 7) is 8.29. The van der Waals surface area contributed by atoms with Gasteiger partial charge in [0.1, 0.15) is 5.75 Å². The standard InChI is InChI=1S/C15H23BN2O3/c1-14(2)15(3,4)21-16(20-14)11(9-17)7-10-5-6-12(18)13(19)8-10/h5-8,19H,9,17-18H2,1-4H3. The molecule has 0 saturated carbocycles. The molecule has 0 aromatic heterocycles. The second kappa shape index (κ2) is 5.37. The zero-order valence-corrected chi connectivity index (χ0v) is 13.0. The van der Waals surface area contributed by atoms with Crippen molar-refractivity contribution >= 4 is 18.9 Å². The molecular formula is C15H23BN2O3. The molecule has 21 heavy (non-hydrogen) atoms. The topological polar surface area (TPSA) is 90.7 Å². The summed E-state index contributed by atoms with van der Waals surface area (Å²) >= 11 is 0. The van der Waals surface area contributed by atoms with Gasteiger partial charge in [0.15, 0.2) is 0 Å². The van der Waals surface area contributed by atoms with Crippen molar-refractivity contribution in [1.29, 1.82) is 0 Å². The van der Waals surface area contributed by atoms with Gasteiger partial charge in [-0.1, -0.05) is 12.1 Å². The van der Waals surface area contributed by atoms with Gasteiger partial charge in [0, 0.05) is 6.54 Å². The SMILES string of the molecule is CC1(C)OB(C(=Cc2ccc(N)c(O)c2)CN)OC1(C)C. The Kier molecular flexibility index (Phi) is 4.06. The summed E-state index contributed by atoms with van der Waals surface area (Å²) in [6.07, 6.45) is 1.86. The molecule has 1 aliphatic rings. The Balaban J connectivity index is 2.28. The molecule has 0 radical (unpaired) electrons. The van der Waals surface area contributed by atoms with Crippen LogP contribution in [0.4, 0.5) is 5.69 Å². The number of nitrogen functional groups attached to an aromatic ring is 1. The van der Waals surface area contributed by atoms with E-state index >= 15 is 0 Å². The van der Waals surface area contributed by atoms with Gasteiger partial charge in [-0.25, -0.2) is 0 Å². The van der Waals surface area contributed by atoms with Crippen molar-refractivity contribution in [2.45, 2.75) is 38.9 Å². The van der Waals surface area contributed by atoms with Crippen molar-refractivity contribution in [1.82, 2.24) is 0 Å². The van der Waals surface area contributed by atoms with Crippen molar-refractivity contribution in [2.24, 2.45) is 5.73 Å². The van der Waals surface area contributed by atoms with Gasteiger partial charge in [-0.3, -0.25) is 0 Å². The van der Waals surface area contributed by atoms with Crippen LogP contribution in [0.5, 0.6) is 5.75 Å². The summed E-state index contributed by atoms with van der Waals surface area (Å²) in [5, 5.41) is 9.67. The van der Waals surface area contributed by atoms with Crippen LogP contribution in [0.3, 0.4) is 0 Å². The Morgan fingerprint density at radius 3 is 2.29 bits per heavy atom. The molecule has 0 unspecified atom stereocenters. The molecule has 1 aliphatic heterocycles. The lowest BCUT2D eigenvalue weighted by atomic mass is 9.77. The van der Waals surface area contributed by atoms with Crippen LogP contribution in [0.2, 0.25) is 0 Å². The van der Waals surface area contributed by atoms with E-state index in [0.717, 1.165) is 11.0 Å². The van der Waals surface area contributed by atoms with E-state index in [1.165, 1.54) is 0 Å². The van der Waals surface area contributed by atoms with Gasteiger partial charge in [0.25, 0.3) is 0 Å². The van der Waals surface area contributed by atoms with Gasteiger partial charge in [-0.2, -0.15) is 0 Å². The number of rotatable bonds is 3. The summed E-state index contributed by atoms with van der Waals surface area (Å²) in [4.78, 5) is 0. The number of phenolic OH excluding ortho intramolecular Hbond substituents is 1. The van der Waals surface area contributed by atoms with Crippen molar-refractivity contribution in [3.8, 4) is 5.75 Å². The molecule has 1 heterocycles. The van der Waals surface area contributed by atoms with Crippen LogP contribution in [-0.2, 0) is 9.31 Å². The first kappa shape index (κ1) is 15.9. The Morgan fingerprint density at radius 2 is 1.81 bits per heavy atom. The fourth-order valence-corrected chi connectivity index (χ4v) is 2.08. The second-order valence-corrected chi connectivity index (χ2v) is 6.33. The summed E-state index contributed by atoms with van der Waals surface area (Å²) in [5.41, 5.74) is 12.6. The molecule has 0 aliphatic carbocycles. The number of hydrogen-bond acceptors (Lipinski definition) is 5.